The molecule has 27 heavy (non-hydrogen) atoms. The van der Waals surface area contributed by atoms with E-state index >= 15 is 0 Å². The van der Waals surface area contributed by atoms with Crippen LogP contribution in [0.15, 0.2) is 30.3 Å². The fraction of sp³-hybridized carbons (Fsp3) is 0.316. The van der Waals surface area contributed by atoms with Crippen molar-refractivity contribution in [3.05, 3.63) is 45.9 Å². The van der Waals surface area contributed by atoms with Gasteiger partial charge in [0.05, 0.1) is 31.0 Å². The lowest BCUT2D eigenvalue weighted by Gasteiger charge is -2.50. The Labute approximate surface area is 166 Å². The predicted octanol–water partition coefficient (Wildman–Crippen LogP) is 4.78. The van der Waals surface area contributed by atoms with E-state index in [1.54, 1.807) is 49.5 Å². The highest BCUT2D eigenvalue weighted by molar-refractivity contribution is 6.35. The molecule has 0 aromatic heterocycles. The van der Waals surface area contributed by atoms with Gasteiger partial charge in [-0.25, -0.2) is 4.79 Å². The lowest BCUT2D eigenvalue weighted by atomic mass is 9.90. The zero-order valence-corrected chi connectivity index (χ0v) is 16.5. The van der Waals surface area contributed by atoms with Crippen molar-refractivity contribution in [1.29, 1.82) is 0 Å². The summed E-state index contributed by atoms with van der Waals surface area (Å²) >= 11 is 12.5. The molecule has 8 heteroatoms. The van der Waals surface area contributed by atoms with Crippen LogP contribution in [0, 0.1) is 0 Å². The first-order chi connectivity index (χ1) is 12.9. The van der Waals surface area contributed by atoms with Crippen LogP contribution in [0.5, 0.6) is 17.2 Å². The molecular weight excluding hydrogens is 391 g/mol. The average molecular weight is 409 g/mol. The number of hydrogen-bond acceptors (Lipinski definition) is 4. The maximum atomic E-state index is 12.9. The van der Waals surface area contributed by atoms with Crippen molar-refractivity contribution >= 4 is 34.9 Å². The summed E-state index contributed by atoms with van der Waals surface area (Å²) in [4.78, 5) is 14.5. The number of nitrogens with one attached hydrogen (secondary N) is 1. The minimum atomic E-state index is -0.920. The number of halogens is 2. The second kappa shape index (κ2) is 6.39. The molecule has 2 aromatic carbocycles. The number of methoxy groups -OCH3 is 2. The quantitative estimate of drug-likeness (QED) is 0.793. The Morgan fingerprint density at radius 3 is 2.63 bits per heavy atom. The van der Waals surface area contributed by atoms with Gasteiger partial charge in [0.25, 0.3) is 0 Å². The molecule has 0 radical (unpaired) electrons. The van der Waals surface area contributed by atoms with Crippen molar-refractivity contribution in [3.63, 3.8) is 0 Å². The van der Waals surface area contributed by atoms with Crippen LogP contribution in [-0.2, 0) is 0 Å². The number of carbonyl (C=O) groups excluding carboxylic acids is 1. The van der Waals surface area contributed by atoms with Gasteiger partial charge in [0, 0.05) is 23.1 Å². The first-order valence-corrected chi connectivity index (χ1v) is 9.12. The molecule has 6 nitrogen and oxygen atoms in total. The Morgan fingerprint density at radius 2 is 1.93 bits per heavy atom. The highest BCUT2D eigenvalue weighted by Gasteiger charge is 2.50. The average Bonchev–Trinajstić information content (AvgIpc) is 2.62. The predicted molar refractivity (Wildman–Crippen MR) is 103 cm³/mol. The standard InChI is InChI=1S/C19H18Cl2N2O4/c1-19-9-14(12-6-10(20)7-13(21)17(12)27-19)22-18(24)23(19)11-4-5-15(25-2)16(8-11)26-3/h4-8,14H,9H2,1-3H3,(H,22,24)/t14-,19+/m1/s1. The number of nitrogens with zero attached hydrogens (tertiary/aromatic N) is 1. The molecule has 2 aromatic rings. The number of anilines is 1. The van der Waals surface area contributed by atoms with Gasteiger partial charge in [-0.15, -0.1) is 0 Å². The van der Waals surface area contributed by atoms with Gasteiger partial charge < -0.3 is 19.5 Å². The molecule has 2 aliphatic heterocycles. The van der Waals surface area contributed by atoms with Crippen molar-refractivity contribution in [3.8, 4) is 17.2 Å². The Kier molecular flexibility index (Phi) is 4.28. The van der Waals surface area contributed by atoms with Crippen LogP contribution in [0.2, 0.25) is 10.0 Å². The van der Waals surface area contributed by atoms with Gasteiger partial charge in [0.2, 0.25) is 0 Å². The molecule has 0 aliphatic carbocycles. The molecule has 0 saturated carbocycles. The van der Waals surface area contributed by atoms with Crippen molar-refractivity contribution < 1.29 is 19.0 Å². The lowest BCUT2D eigenvalue weighted by Crippen LogP contribution is -2.65. The summed E-state index contributed by atoms with van der Waals surface area (Å²) in [6.07, 6.45) is 0.538. The monoisotopic (exact) mass is 408 g/mol. The van der Waals surface area contributed by atoms with Gasteiger partial charge in [-0.1, -0.05) is 23.2 Å². The summed E-state index contributed by atoms with van der Waals surface area (Å²) in [6.45, 7) is 1.86. The third kappa shape index (κ3) is 2.84. The minimum Gasteiger partial charge on any atom is -0.493 e. The van der Waals surface area contributed by atoms with Gasteiger partial charge in [-0.2, -0.15) is 0 Å². The largest absolute Gasteiger partial charge is 0.493 e. The van der Waals surface area contributed by atoms with E-state index in [2.05, 4.69) is 5.32 Å². The van der Waals surface area contributed by atoms with E-state index < -0.39 is 5.72 Å². The number of benzene rings is 2. The summed E-state index contributed by atoms with van der Waals surface area (Å²) in [6, 6.07) is 8.18. The zero-order chi connectivity index (χ0) is 19.3. The Bertz CT molecular complexity index is 936. The normalized spacial score (nSPS) is 23.2. The van der Waals surface area contributed by atoms with Crippen molar-refractivity contribution in [2.45, 2.75) is 25.1 Å². The Hall–Kier alpha value is -2.31. The van der Waals surface area contributed by atoms with E-state index in [0.29, 0.717) is 39.4 Å². The number of hydrogen-bond donors (Lipinski definition) is 1. The smallest absolute Gasteiger partial charge is 0.325 e. The van der Waals surface area contributed by atoms with Crippen molar-refractivity contribution in [2.75, 3.05) is 19.1 Å². The van der Waals surface area contributed by atoms with E-state index in [-0.39, 0.29) is 12.1 Å². The second-order valence-electron chi connectivity index (χ2n) is 6.66. The van der Waals surface area contributed by atoms with Crippen LogP contribution < -0.4 is 24.4 Å². The van der Waals surface area contributed by atoms with Gasteiger partial charge in [-0.3, -0.25) is 4.90 Å². The van der Waals surface area contributed by atoms with Crippen molar-refractivity contribution in [1.82, 2.24) is 5.32 Å². The first-order valence-electron chi connectivity index (χ1n) is 8.37. The van der Waals surface area contributed by atoms with Crippen LogP contribution in [0.4, 0.5) is 10.5 Å². The number of carbonyl (C=O) groups is 1. The molecule has 4 rings (SSSR count). The molecule has 1 fully saturated rings. The van der Waals surface area contributed by atoms with Gasteiger partial charge >= 0.3 is 6.03 Å². The van der Waals surface area contributed by atoms with Gasteiger partial charge in [-0.05, 0) is 31.2 Å². The fourth-order valence-electron chi connectivity index (χ4n) is 3.75. The lowest BCUT2D eigenvalue weighted by molar-refractivity contribution is 0.0379. The molecule has 2 heterocycles. The number of amides is 2. The van der Waals surface area contributed by atoms with Gasteiger partial charge in [0.1, 0.15) is 5.75 Å². The summed E-state index contributed by atoms with van der Waals surface area (Å²) in [5.74, 6) is 1.63. The third-order valence-corrected chi connectivity index (χ3v) is 5.42. The van der Waals surface area contributed by atoms with Crippen LogP contribution in [0.3, 0.4) is 0 Å². The van der Waals surface area contributed by atoms with Crippen molar-refractivity contribution in [2.24, 2.45) is 0 Å². The van der Waals surface area contributed by atoms with Crippen LogP contribution in [0.1, 0.15) is 24.9 Å². The van der Waals surface area contributed by atoms with E-state index in [0.717, 1.165) is 5.56 Å². The fourth-order valence-corrected chi connectivity index (χ4v) is 4.29. The van der Waals surface area contributed by atoms with E-state index in [1.807, 2.05) is 6.92 Å². The number of rotatable bonds is 3. The SMILES string of the molecule is COc1ccc(N2C(=O)N[C@@H]3C[C@]2(C)Oc2c(Cl)cc(Cl)cc23)cc1OC. The van der Waals surface area contributed by atoms with Crippen LogP contribution in [-0.4, -0.2) is 26.0 Å². The topological polar surface area (TPSA) is 60.0 Å². The zero-order valence-electron chi connectivity index (χ0n) is 15.0. The second-order valence-corrected chi connectivity index (χ2v) is 7.51. The molecule has 1 saturated heterocycles. The highest BCUT2D eigenvalue weighted by Crippen LogP contribution is 2.49. The minimum absolute atomic E-state index is 0.237. The van der Waals surface area contributed by atoms with Crippen LogP contribution in [0.25, 0.3) is 0 Å². The molecule has 1 N–H and O–H groups in total. The summed E-state index contributed by atoms with van der Waals surface area (Å²) in [5, 5.41) is 3.93. The molecule has 0 spiro atoms. The van der Waals surface area contributed by atoms with E-state index in [1.165, 1.54) is 0 Å². The molecular formula is C19H18Cl2N2O4. The van der Waals surface area contributed by atoms with E-state index in [9.17, 15) is 4.79 Å². The highest BCUT2D eigenvalue weighted by atomic mass is 35.5. The summed E-state index contributed by atoms with van der Waals surface area (Å²) in [5.41, 5.74) is 0.488. The molecule has 2 bridgehead atoms. The van der Waals surface area contributed by atoms with E-state index in [4.69, 9.17) is 37.4 Å². The third-order valence-electron chi connectivity index (χ3n) is 4.92. The molecule has 2 aliphatic rings. The molecule has 0 unspecified atom stereocenters. The first kappa shape index (κ1) is 18.1. The summed E-state index contributed by atoms with van der Waals surface area (Å²) in [7, 11) is 3.11. The number of ether oxygens (including phenoxy) is 3. The molecule has 2 amide bonds. The Morgan fingerprint density at radius 1 is 1.19 bits per heavy atom. The van der Waals surface area contributed by atoms with Crippen LogP contribution >= 0.6 is 23.2 Å². The number of fused-ring (bicyclic) bond motifs is 4. The van der Waals surface area contributed by atoms with Gasteiger partial charge in [0.15, 0.2) is 17.2 Å². The Balaban J connectivity index is 1.80. The maximum absolute atomic E-state index is 12.9. The maximum Gasteiger partial charge on any atom is 0.325 e. The summed E-state index contributed by atoms with van der Waals surface area (Å²) < 4.78 is 16.9. The molecule has 2 atom stereocenters. The molecule has 142 valence electrons. The number of urea groups is 1.